The van der Waals surface area contributed by atoms with E-state index in [2.05, 4.69) is 622 Å². The summed E-state index contributed by atoms with van der Waals surface area (Å²) < 4.78 is 18.9. The third kappa shape index (κ3) is 18.1. The maximum atomic E-state index is 5.90. The third-order valence-electron chi connectivity index (χ3n) is 27.6. The molecule has 9 heteroatoms. The molecule has 1 unspecified atom stereocenters. The molecule has 0 bridgehead atoms. The Morgan fingerprint density at radius 1 is 0.178 bits per heavy atom. The zero-order chi connectivity index (χ0) is 98.9. The SMILES string of the molecule is C.Cc1cccc(N(c2ccccc2)c2ccc(-c3ccc(N(c4ccccc4)c4cccc(C)c4)cc3)cc2)c1.[2H]P[3H].c1ccc(N(c2ccc(-c3ccc(N(c4ccccc4)c4cccc5ccccc45)cc3)cc2)c2cccc3ccccc23)cc1.c1ccc2c(c1)c1ccccc1n2-c1ccc(N(c2ccc(-n3c4ccccc4c4ccccc43)cc2)c2ccc(-n3c4ccccc4c4ccccc43)cc2)cc1. The van der Waals surface area contributed by atoms with Gasteiger partial charge in [-0.1, -0.05) is 335 Å². The van der Waals surface area contributed by atoms with E-state index in [4.69, 9.17) is 2.56 Å². The zero-order valence-electron chi connectivity index (χ0n) is 82.3. The van der Waals surface area contributed by atoms with Crippen molar-refractivity contribution < 1.29 is 0 Å². The molecule has 0 radical (unpaired) electrons. The number of anilines is 15. The van der Waals surface area contributed by atoms with Crippen LogP contribution in [0, 0.1) is 13.8 Å². The van der Waals surface area contributed by atoms with Gasteiger partial charge < -0.3 is 38.2 Å². The highest BCUT2D eigenvalue weighted by molar-refractivity contribution is 6.92. The number of aryl methyl sites for hydroxylation is 2. The Morgan fingerprint density at radius 3 is 0.610 bits per heavy atom. The molecule has 0 saturated carbocycles. The maximum Gasteiger partial charge on any atom is 0.0541 e. The smallest absolute Gasteiger partial charge is 0.0541 e. The number of benzene rings is 23. The van der Waals surface area contributed by atoms with Crippen LogP contribution >= 0.6 is 9.79 Å². The number of rotatable bonds is 20. The molecule has 0 amide bonds. The molecular weight excluding hydrogens is 1790 g/mol. The van der Waals surface area contributed by atoms with Gasteiger partial charge >= 0.3 is 0 Å². The van der Waals surface area contributed by atoms with Gasteiger partial charge in [-0.3, -0.25) is 0 Å². The van der Waals surface area contributed by atoms with Crippen molar-refractivity contribution in [2.45, 2.75) is 21.3 Å². The number of hydrogen-bond donors (Lipinski definition) is 0. The Kier molecular flexibility index (Phi) is 25.5. The summed E-state index contributed by atoms with van der Waals surface area (Å²) in [5.41, 5.74) is 34.7. The van der Waals surface area contributed by atoms with Gasteiger partial charge in [0.1, 0.15) is 0 Å². The monoisotopic (exact) mass is 1900 g/mol. The maximum absolute atomic E-state index is 5.90. The molecule has 0 spiro atoms. The van der Waals surface area contributed by atoms with Gasteiger partial charge in [0.05, 0.1) is 47.0 Å². The molecule has 26 rings (SSSR count). The van der Waals surface area contributed by atoms with Crippen LogP contribution in [0.25, 0.3) is 126 Å². The lowest BCUT2D eigenvalue weighted by molar-refractivity contribution is 1.16. The van der Waals surface area contributed by atoms with Crippen LogP contribution in [0.1, 0.15) is 18.6 Å². The predicted molar refractivity (Wildman–Crippen MR) is 629 cm³/mol. The first-order valence-electron chi connectivity index (χ1n) is 50.3. The predicted octanol–water partition coefficient (Wildman–Crippen LogP) is 38.7. The van der Waals surface area contributed by atoms with Gasteiger partial charge in [0.15, 0.2) is 0 Å². The van der Waals surface area contributed by atoms with Gasteiger partial charge in [-0.2, -0.15) is 9.79 Å². The number of aromatic nitrogens is 3. The molecular formula is C137H107N8P. The lowest BCUT2D eigenvalue weighted by atomic mass is 10.0. The summed E-state index contributed by atoms with van der Waals surface area (Å²) in [6.07, 6.45) is 0. The minimum atomic E-state index is -0.417. The summed E-state index contributed by atoms with van der Waals surface area (Å²) >= 11 is 0. The highest BCUT2D eigenvalue weighted by atomic mass is 31.0. The van der Waals surface area contributed by atoms with Gasteiger partial charge in [0.2, 0.25) is 0 Å². The zero-order valence-corrected chi connectivity index (χ0v) is 81.3. The third-order valence-corrected chi connectivity index (χ3v) is 27.6. The Balaban J connectivity index is 0.000000126. The largest absolute Gasteiger partial charge is 0.310 e. The van der Waals surface area contributed by atoms with Crippen molar-refractivity contribution in [3.05, 3.63) is 581 Å². The van der Waals surface area contributed by atoms with E-state index in [1.54, 1.807) is 0 Å². The van der Waals surface area contributed by atoms with E-state index < -0.39 is 9.79 Å². The molecule has 0 aliphatic heterocycles. The Morgan fingerprint density at radius 2 is 0.356 bits per heavy atom. The fourth-order valence-corrected chi connectivity index (χ4v) is 20.9. The van der Waals surface area contributed by atoms with Gasteiger partial charge in [-0.15, -0.1) is 0 Å². The van der Waals surface area contributed by atoms with Crippen molar-refractivity contribution in [3.63, 3.8) is 0 Å². The number of fused-ring (bicyclic) bond motifs is 11. The van der Waals surface area contributed by atoms with Gasteiger partial charge in [-0.05, 0) is 301 Å². The fraction of sp³-hybridized carbons (Fsp3) is 0.0219. The van der Waals surface area contributed by atoms with Gasteiger partial charge in [-0.25, -0.2) is 0 Å². The lowest BCUT2D eigenvalue weighted by Gasteiger charge is -2.27. The summed E-state index contributed by atoms with van der Waals surface area (Å²) in [5.74, 6) is 0. The van der Waals surface area contributed by atoms with E-state index >= 15 is 0 Å². The topological polar surface area (TPSA) is 31.0 Å². The average molecular weight is 1900 g/mol. The average Bonchev–Trinajstić information content (AvgIpc) is 1.60. The van der Waals surface area contributed by atoms with Gasteiger partial charge in [0, 0.05) is 134 Å². The van der Waals surface area contributed by atoms with Crippen molar-refractivity contribution in [2.75, 3.05) is 24.5 Å². The molecule has 146 heavy (non-hydrogen) atoms. The van der Waals surface area contributed by atoms with Crippen LogP contribution in [0.15, 0.2) is 570 Å². The quantitative estimate of drug-likeness (QED) is 0.0710. The number of hydrogen-bond acceptors (Lipinski definition) is 5. The van der Waals surface area contributed by atoms with Crippen molar-refractivity contribution >= 4 is 182 Å². The van der Waals surface area contributed by atoms with Crippen molar-refractivity contribution in [2.24, 2.45) is 0 Å². The minimum Gasteiger partial charge on any atom is -0.310 e. The molecule has 0 aliphatic rings. The molecule has 0 fully saturated rings. The summed E-state index contributed by atoms with van der Waals surface area (Å²) in [6.45, 7) is 4.27. The first-order chi connectivity index (χ1) is 72.7. The number of para-hydroxylation sites is 10. The Hall–Kier alpha value is -18.6. The van der Waals surface area contributed by atoms with Crippen LogP contribution in [-0.2, 0) is 0 Å². The number of nitrogens with zero attached hydrogens (tertiary/aromatic N) is 8. The van der Waals surface area contributed by atoms with Crippen molar-refractivity contribution in [3.8, 4) is 39.3 Å². The van der Waals surface area contributed by atoms with Crippen LogP contribution in [0.4, 0.5) is 85.3 Å². The first kappa shape index (κ1) is 90.0. The second kappa shape index (κ2) is 41.3. The fourth-order valence-electron chi connectivity index (χ4n) is 20.9. The van der Waals surface area contributed by atoms with E-state index in [0.717, 1.165) is 102 Å². The molecule has 0 aliphatic carbocycles. The molecule has 0 saturated heterocycles. The molecule has 1 atom stereocenters. The summed E-state index contributed by atoms with van der Waals surface area (Å²) in [7, 11) is -0.417. The van der Waals surface area contributed by atoms with E-state index in [0.29, 0.717) is 0 Å². The van der Waals surface area contributed by atoms with Crippen LogP contribution in [0.2, 0.25) is 0 Å². The van der Waals surface area contributed by atoms with Crippen molar-refractivity contribution in [1.29, 1.82) is 2.56 Å². The first-order valence-corrected chi connectivity index (χ1v) is 49.3. The van der Waals surface area contributed by atoms with E-state index in [-0.39, 0.29) is 7.43 Å². The van der Waals surface area contributed by atoms with E-state index in [1.807, 2.05) is 0 Å². The second-order valence-electron chi connectivity index (χ2n) is 36.5. The lowest BCUT2D eigenvalue weighted by Crippen LogP contribution is -2.10. The van der Waals surface area contributed by atoms with Crippen LogP contribution < -0.4 is 24.5 Å². The summed E-state index contributed by atoms with van der Waals surface area (Å²) in [5, 5.41) is 12.5. The van der Waals surface area contributed by atoms with Crippen LogP contribution in [0.3, 0.4) is 0 Å². The Labute approximate surface area is 858 Å². The van der Waals surface area contributed by atoms with Crippen LogP contribution in [0.5, 0.6) is 0 Å². The van der Waals surface area contributed by atoms with Crippen molar-refractivity contribution in [1.82, 2.24) is 13.7 Å². The van der Waals surface area contributed by atoms with Gasteiger partial charge in [0.25, 0.3) is 0 Å². The highest BCUT2D eigenvalue weighted by Gasteiger charge is 2.24. The molecule has 0 N–H and O–H groups in total. The molecule has 3 heterocycles. The standard InChI is InChI=1S/C54H36N4.C44H32N2.C38H32N2.CH4.H3P/c1-7-19-49-43(13-1)44-14-2-8-20-50(44)56(49)40-31-25-37(26-32-40)55(38-27-33-41(34-28-38)57-51-21-9-3-15-45(51)46-16-4-10-22-52(46)57)39-29-35-42(36-30-39)58-53-23-11-5-17-47(53)48-18-6-12-24-54(48)58;1-3-17-37(18-4-1)45(43-23-11-15-35-13-7-9-21-41(35)43)39-29-25-33(26-30-39)34-27-31-40(32-28-34)46(38-19-5-2-6-20-38)44-24-12-16-36-14-8-10-22-42(36)44;1-29-11-9-17-37(27-29)39(33-13-5-3-6-14-33)35-23-19-31(20-24-35)32-21-25-36(26-22-32)40(34-15-7-4-8-16-34)38-18-10-12-30(2)28-38;;/h1-36H;1-32H;3-28H,1-2H3;1H4;1H3/i;;;;1TD. The minimum absolute atomic E-state index is 0. The molecule has 23 aromatic carbocycles. The molecule has 8 nitrogen and oxygen atoms in total. The molecule has 26 aromatic rings. The molecule has 700 valence electrons. The van der Waals surface area contributed by atoms with Crippen LogP contribution in [-0.4, -0.2) is 16.3 Å². The Bertz CT molecular complexity index is 8260. The van der Waals surface area contributed by atoms with E-state index in [9.17, 15) is 0 Å². The normalized spacial score (nSPS) is 11.3. The summed E-state index contributed by atoms with van der Waals surface area (Å²) in [6, 6.07) is 204. The summed E-state index contributed by atoms with van der Waals surface area (Å²) in [4.78, 5) is 11.7. The highest BCUT2D eigenvalue weighted by Crippen LogP contribution is 2.47. The van der Waals surface area contributed by atoms with E-state index in [1.165, 1.54) is 120 Å². The second-order valence-corrected chi connectivity index (χ2v) is 36.5. The molecule has 3 aromatic heterocycles.